The summed E-state index contributed by atoms with van der Waals surface area (Å²) in [7, 11) is 0. The molecule has 0 radical (unpaired) electrons. The van der Waals surface area contributed by atoms with Crippen molar-refractivity contribution in [3.63, 3.8) is 0 Å². The van der Waals surface area contributed by atoms with Crippen molar-refractivity contribution in [3.8, 4) is 0 Å². The quantitative estimate of drug-likeness (QED) is 0.578. The summed E-state index contributed by atoms with van der Waals surface area (Å²) in [5, 5.41) is 17.8. The maximum atomic E-state index is 9.63. The van der Waals surface area contributed by atoms with Crippen LogP contribution in [0.4, 0.5) is 5.69 Å². The summed E-state index contributed by atoms with van der Waals surface area (Å²) >= 11 is 6.10. The summed E-state index contributed by atoms with van der Waals surface area (Å²) in [6.07, 6.45) is 0.636. The van der Waals surface area contributed by atoms with E-state index in [9.17, 15) is 5.11 Å². The van der Waals surface area contributed by atoms with Crippen LogP contribution in [0.1, 0.15) is 18.9 Å². The fourth-order valence-electron chi connectivity index (χ4n) is 2.44. The molecule has 0 spiro atoms. The second-order valence-electron chi connectivity index (χ2n) is 4.78. The summed E-state index contributed by atoms with van der Waals surface area (Å²) in [6.45, 7) is 3.45. The van der Waals surface area contributed by atoms with Crippen LogP contribution in [0.15, 0.2) is 18.2 Å². The molecule has 0 bridgehead atoms. The number of hydrogen-bond donors (Lipinski definition) is 3. The van der Waals surface area contributed by atoms with Crippen LogP contribution in [0.5, 0.6) is 0 Å². The van der Waals surface area contributed by atoms with Crippen molar-refractivity contribution in [1.29, 1.82) is 5.41 Å². The summed E-state index contributed by atoms with van der Waals surface area (Å²) in [4.78, 5) is 2.14. The van der Waals surface area contributed by atoms with Crippen LogP contribution >= 0.6 is 11.6 Å². The minimum absolute atomic E-state index is 0.0175. The first-order valence-corrected chi connectivity index (χ1v) is 6.44. The molecule has 1 saturated heterocycles. The van der Waals surface area contributed by atoms with Gasteiger partial charge in [0.1, 0.15) is 5.84 Å². The Morgan fingerprint density at radius 3 is 2.89 bits per heavy atom. The number of aliphatic hydroxyl groups excluding tert-OH is 1. The lowest BCUT2D eigenvalue weighted by molar-refractivity contribution is 0.136. The standard InChI is InChI=1S/C13H18ClN3O/c1-8(18)9-5-6-17(7-9)11-4-2-3-10(14)12(11)13(15)16/h2-4,8-9,18H,5-7H2,1H3,(H3,15,16). The van der Waals surface area contributed by atoms with Gasteiger partial charge < -0.3 is 15.7 Å². The Morgan fingerprint density at radius 2 is 2.33 bits per heavy atom. The summed E-state index contributed by atoms with van der Waals surface area (Å²) in [6, 6.07) is 5.52. The van der Waals surface area contributed by atoms with E-state index in [1.54, 1.807) is 6.07 Å². The molecule has 1 aromatic carbocycles. The average molecular weight is 268 g/mol. The third-order valence-electron chi connectivity index (χ3n) is 3.51. The Hall–Kier alpha value is -1.26. The fraction of sp³-hybridized carbons (Fsp3) is 0.462. The van der Waals surface area contributed by atoms with Gasteiger partial charge in [-0.2, -0.15) is 0 Å². The van der Waals surface area contributed by atoms with Gasteiger partial charge in [-0.25, -0.2) is 0 Å². The number of halogens is 1. The number of nitrogens with zero attached hydrogens (tertiary/aromatic N) is 1. The maximum Gasteiger partial charge on any atom is 0.126 e. The molecule has 1 fully saturated rings. The second kappa shape index (κ2) is 5.16. The highest BCUT2D eigenvalue weighted by Gasteiger charge is 2.28. The monoisotopic (exact) mass is 267 g/mol. The molecule has 2 rings (SSSR count). The molecule has 1 aliphatic rings. The third-order valence-corrected chi connectivity index (χ3v) is 3.82. The molecule has 0 aromatic heterocycles. The van der Waals surface area contributed by atoms with Crippen molar-refractivity contribution in [2.45, 2.75) is 19.4 Å². The largest absolute Gasteiger partial charge is 0.393 e. The van der Waals surface area contributed by atoms with Crippen LogP contribution in [0.3, 0.4) is 0 Å². The van der Waals surface area contributed by atoms with Gasteiger partial charge in [0.05, 0.1) is 16.7 Å². The van der Waals surface area contributed by atoms with Crippen molar-refractivity contribution < 1.29 is 5.11 Å². The van der Waals surface area contributed by atoms with E-state index >= 15 is 0 Å². The lowest BCUT2D eigenvalue weighted by Gasteiger charge is -2.23. The summed E-state index contributed by atoms with van der Waals surface area (Å²) < 4.78 is 0. The molecule has 1 aromatic rings. The molecule has 1 heterocycles. The van der Waals surface area contributed by atoms with Gasteiger partial charge in [-0.3, -0.25) is 5.41 Å². The zero-order valence-electron chi connectivity index (χ0n) is 10.4. The molecule has 2 atom stereocenters. The van der Waals surface area contributed by atoms with Gasteiger partial charge >= 0.3 is 0 Å². The van der Waals surface area contributed by atoms with Crippen molar-refractivity contribution in [3.05, 3.63) is 28.8 Å². The molecule has 1 aliphatic heterocycles. The molecule has 0 aliphatic carbocycles. The first-order chi connectivity index (χ1) is 8.50. The van der Waals surface area contributed by atoms with Crippen LogP contribution in [-0.2, 0) is 0 Å². The van der Waals surface area contributed by atoms with E-state index in [0.717, 1.165) is 25.2 Å². The molecule has 18 heavy (non-hydrogen) atoms. The van der Waals surface area contributed by atoms with Gasteiger partial charge in [0.25, 0.3) is 0 Å². The van der Waals surface area contributed by atoms with Crippen molar-refractivity contribution in [2.24, 2.45) is 11.7 Å². The number of nitrogen functional groups attached to an aromatic ring is 1. The molecule has 0 amide bonds. The molecule has 4 N–H and O–H groups in total. The number of nitrogens with two attached hydrogens (primary N) is 1. The zero-order chi connectivity index (χ0) is 13.3. The number of anilines is 1. The lowest BCUT2D eigenvalue weighted by atomic mass is 10.0. The smallest absolute Gasteiger partial charge is 0.126 e. The molecule has 2 unspecified atom stereocenters. The van der Waals surface area contributed by atoms with Crippen LogP contribution in [0, 0.1) is 11.3 Å². The van der Waals surface area contributed by atoms with Gasteiger partial charge in [0, 0.05) is 24.7 Å². The van der Waals surface area contributed by atoms with Gasteiger partial charge in [-0.15, -0.1) is 0 Å². The topological polar surface area (TPSA) is 73.3 Å². The molecule has 4 nitrogen and oxygen atoms in total. The SMILES string of the molecule is CC(O)C1CCN(c2cccc(Cl)c2C(=N)N)C1. The van der Waals surface area contributed by atoms with E-state index in [0.29, 0.717) is 10.6 Å². The van der Waals surface area contributed by atoms with Crippen molar-refractivity contribution in [2.75, 3.05) is 18.0 Å². The Labute approximate surface area is 112 Å². The molecular weight excluding hydrogens is 250 g/mol. The number of aliphatic hydroxyl groups is 1. The lowest BCUT2D eigenvalue weighted by Crippen LogP contribution is -2.26. The highest BCUT2D eigenvalue weighted by molar-refractivity contribution is 6.34. The van der Waals surface area contributed by atoms with E-state index in [2.05, 4.69) is 4.90 Å². The second-order valence-corrected chi connectivity index (χ2v) is 5.19. The van der Waals surface area contributed by atoms with E-state index in [-0.39, 0.29) is 17.9 Å². The highest BCUT2D eigenvalue weighted by Crippen LogP contribution is 2.31. The van der Waals surface area contributed by atoms with Crippen LogP contribution in [0.25, 0.3) is 0 Å². The Morgan fingerprint density at radius 1 is 1.61 bits per heavy atom. The van der Waals surface area contributed by atoms with Crippen LogP contribution < -0.4 is 10.6 Å². The van der Waals surface area contributed by atoms with Crippen molar-refractivity contribution in [1.82, 2.24) is 0 Å². The van der Waals surface area contributed by atoms with Gasteiger partial charge in [0.15, 0.2) is 0 Å². The number of amidine groups is 1. The van der Waals surface area contributed by atoms with Crippen LogP contribution in [-0.4, -0.2) is 30.1 Å². The van der Waals surface area contributed by atoms with E-state index in [1.807, 2.05) is 19.1 Å². The minimum Gasteiger partial charge on any atom is -0.393 e. The summed E-state index contributed by atoms with van der Waals surface area (Å²) in [5.74, 6) is 0.250. The Bertz CT molecular complexity index is 462. The van der Waals surface area contributed by atoms with E-state index in [4.69, 9.17) is 22.7 Å². The van der Waals surface area contributed by atoms with Crippen molar-refractivity contribution >= 4 is 23.1 Å². The van der Waals surface area contributed by atoms with E-state index < -0.39 is 0 Å². The first-order valence-electron chi connectivity index (χ1n) is 6.06. The zero-order valence-corrected chi connectivity index (χ0v) is 11.1. The molecule has 98 valence electrons. The number of hydrogen-bond acceptors (Lipinski definition) is 3. The maximum absolute atomic E-state index is 9.63. The molecular formula is C13H18ClN3O. The number of nitrogens with one attached hydrogen (secondary N) is 1. The van der Waals surface area contributed by atoms with E-state index in [1.165, 1.54) is 0 Å². The van der Waals surface area contributed by atoms with Gasteiger partial charge in [0.2, 0.25) is 0 Å². The third kappa shape index (κ3) is 2.44. The minimum atomic E-state index is -0.310. The predicted molar refractivity (Wildman–Crippen MR) is 74.5 cm³/mol. The molecule has 5 heteroatoms. The Balaban J connectivity index is 2.30. The molecule has 0 saturated carbocycles. The van der Waals surface area contributed by atoms with Gasteiger partial charge in [-0.1, -0.05) is 17.7 Å². The normalized spacial score (nSPS) is 21.1. The van der Waals surface area contributed by atoms with Gasteiger partial charge in [-0.05, 0) is 25.5 Å². The van der Waals surface area contributed by atoms with Crippen LogP contribution in [0.2, 0.25) is 5.02 Å². The predicted octanol–water partition coefficient (Wildman–Crippen LogP) is 1.83. The Kier molecular flexibility index (Phi) is 3.78. The number of benzene rings is 1. The fourth-order valence-corrected chi connectivity index (χ4v) is 2.71. The average Bonchev–Trinajstić information content (AvgIpc) is 2.77. The number of rotatable bonds is 3. The first kappa shape index (κ1) is 13.2. The highest BCUT2D eigenvalue weighted by atomic mass is 35.5. The summed E-state index contributed by atoms with van der Waals surface area (Å²) in [5.41, 5.74) is 7.08.